The van der Waals surface area contributed by atoms with Crippen molar-refractivity contribution in [3.05, 3.63) is 24.3 Å². The van der Waals surface area contributed by atoms with Gasteiger partial charge in [-0.15, -0.1) is 0 Å². The Labute approximate surface area is 130 Å². The van der Waals surface area contributed by atoms with Crippen molar-refractivity contribution < 1.29 is 9.16 Å². The van der Waals surface area contributed by atoms with Gasteiger partial charge in [0.05, 0.1) is 13.7 Å². The van der Waals surface area contributed by atoms with Gasteiger partial charge in [0.2, 0.25) is 0 Å². The number of anilines is 1. The molecule has 0 aliphatic rings. The van der Waals surface area contributed by atoms with E-state index >= 15 is 0 Å². The standard InChI is InChI=1S/C16H30N2O2Si/c1-16(2,3)21(5,6)20-12-13(17)11-18-14-7-9-15(19-4)10-8-14/h7-10,13,18H,11-12,17H2,1-6H3/t13-/m1/s1. The number of hydrogen-bond acceptors (Lipinski definition) is 4. The van der Waals surface area contributed by atoms with Crippen molar-refractivity contribution in [3.63, 3.8) is 0 Å². The zero-order valence-electron chi connectivity index (χ0n) is 14.2. The number of methoxy groups -OCH3 is 1. The molecule has 0 saturated heterocycles. The Hall–Kier alpha value is -1.04. The predicted molar refractivity (Wildman–Crippen MR) is 92.6 cm³/mol. The molecule has 0 unspecified atom stereocenters. The van der Waals surface area contributed by atoms with Gasteiger partial charge in [-0.25, -0.2) is 0 Å². The van der Waals surface area contributed by atoms with Crippen LogP contribution < -0.4 is 15.8 Å². The number of hydrogen-bond donors (Lipinski definition) is 2. The highest BCUT2D eigenvalue weighted by Crippen LogP contribution is 2.36. The maximum absolute atomic E-state index is 6.14. The number of nitrogens with two attached hydrogens (primary N) is 1. The highest BCUT2D eigenvalue weighted by atomic mass is 28.4. The summed E-state index contributed by atoms with van der Waals surface area (Å²) in [6, 6.07) is 7.82. The summed E-state index contributed by atoms with van der Waals surface area (Å²) in [6.07, 6.45) is 0. The summed E-state index contributed by atoms with van der Waals surface area (Å²) in [7, 11) is -0.0494. The zero-order chi connectivity index (χ0) is 16.1. The first kappa shape index (κ1) is 18.0. The molecule has 0 radical (unpaired) electrons. The van der Waals surface area contributed by atoms with E-state index in [1.54, 1.807) is 7.11 Å². The molecule has 0 amide bonds. The Morgan fingerprint density at radius 1 is 1.19 bits per heavy atom. The lowest BCUT2D eigenvalue weighted by atomic mass is 10.2. The van der Waals surface area contributed by atoms with Gasteiger partial charge in [0, 0.05) is 18.3 Å². The molecule has 1 atom stereocenters. The third-order valence-electron chi connectivity index (χ3n) is 4.12. The third-order valence-corrected chi connectivity index (χ3v) is 8.62. The Morgan fingerprint density at radius 3 is 2.24 bits per heavy atom. The van der Waals surface area contributed by atoms with Crippen LogP contribution in [0.1, 0.15) is 20.8 Å². The molecule has 1 aromatic carbocycles. The average molecular weight is 311 g/mol. The summed E-state index contributed by atoms with van der Waals surface area (Å²) >= 11 is 0. The molecule has 0 aliphatic heterocycles. The highest BCUT2D eigenvalue weighted by molar-refractivity contribution is 6.74. The maximum Gasteiger partial charge on any atom is 0.192 e. The van der Waals surface area contributed by atoms with Crippen molar-refractivity contribution in [2.45, 2.75) is 44.9 Å². The zero-order valence-corrected chi connectivity index (χ0v) is 15.2. The molecule has 0 bridgehead atoms. The van der Waals surface area contributed by atoms with Crippen LogP contribution in [0.2, 0.25) is 18.1 Å². The first-order valence-corrected chi connectivity index (χ1v) is 10.3. The molecule has 1 rings (SSSR count). The molecule has 120 valence electrons. The van der Waals surface area contributed by atoms with Gasteiger partial charge in [-0.05, 0) is 42.4 Å². The Balaban J connectivity index is 2.38. The molecule has 1 aromatic rings. The maximum atomic E-state index is 6.14. The Bertz CT molecular complexity index is 427. The summed E-state index contributed by atoms with van der Waals surface area (Å²) < 4.78 is 11.3. The molecule has 21 heavy (non-hydrogen) atoms. The van der Waals surface area contributed by atoms with E-state index in [1.165, 1.54) is 0 Å². The first-order valence-electron chi connectivity index (χ1n) is 7.43. The Kier molecular flexibility index (Phi) is 6.25. The van der Waals surface area contributed by atoms with Crippen LogP contribution in [-0.2, 0) is 4.43 Å². The summed E-state index contributed by atoms with van der Waals surface area (Å²) in [5.74, 6) is 0.853. The van der Waals surface area contributed by atoms with Gasteiger partial charge in [0.1, 0.15) is 5.75 Å². The molecular formula is C16H30N2O2Si. The molecular weight excluding hydrogens is 280 g/mol. The van der Waals surface area contributed by atoms with Gasteiger partial charge in [-0.3, -0.25) is 0 Å². The monoisotopic (exact) mass is 310 g/mol. The second-order valence-electron chi connectivity index (χ2n) is 6.94. The van der Waals surface area contributed by atoms with Crippen LogP contribution >= 0.6 is 0 Å². The molecule has 0 aliphatic carbocycles. The Morgan fingerprint density at radius 2 is 1.76 bits per heavy atom. The summed E-state index contributed by atoms with van der Waals surface area (Å²) in [5.41, 5.74) is 7.18. The highest BCUT2D eigenvalue weighted by Gasteiger charge is 2.37. The number of rotatable bonds is 7. The minimum absolute atomic E-state index is 0.0128. The fraction of sp³-hybridized carbons (Fsp3) is 0.625. The van der Waals surface area contributed by atoms with Crippen LogP contribution in [0.25, 0.3) is 0 Å². The van der Waals surface area contributed by atoms with E-state index in [4.69, 9.17) is 14.9 Å². The van der Waals surface area contributed by atoms with Crippen LogP contribution in [0.4, 0.5) is 5.69 Å². The van der Waals surface area contributed by atoms with E-state index in [0.29, 0.717) is 13.2 Å². The molecule has 5 heteroatoms. The van der Waals surface area contributed by atoms with Crippen LogP contribution in [0.5, 0.6) is 5.75 Å². The van der Waals surface area contributed by atoms with Crippen LogP contribution in [0.15, 0.2) is 24.3 Å². The second kappa shape index (κ2) is 7.29. The fourth-order valence-corrected chi connectivity index (χ4v) is 2.61. The number of ether oxygens (including phenoxy) is 1. The van der Waals surface area contributed by atoms with E-state index in [-0.39, 0.29) is 11.1 Å². The lowest BCUT2D eigenvalue weighted by molar-refractivity contribution is 0.267. The van der Waals surface area contributed by atoms with Crippen LogP contribution in [-0.4, -0.2) is 34.6 Å². The van der Waals surface area contributed by atoms with Gasteiger partial charge in [-0.2, -0.15) is 0 Å². The lowest BCUT2D eigenvalue weighted by Crippen LogP contribution is -2.45. The summed E-state index contributed by atoms with van der Waals surface area (Å²) in [5, 5.41) is 3.54. The van der Waals surface area contributed by atoms with Crippen molar-refractivity contribution >= 4 is 14.0 Å². The average Bonchev–Trinajstić information content (AvgIpc) is 2.42. The van der Waals surface area contributed by atoms with E-state index in [0.717, 1.165) is 11.4 Å². The molecule has 0 aromatic heterocycles. The minimum Gasteiger partial charge on any atom is -0.497 e. The van der Waals surface area contributed by atoms with E-state index in [9.17, 15) is 0 Å². The molecule has 0 heterocycles. The minimum atomic E-state index is -1.71. The van der Waals surface area contributed by atoms with Crippen molar-refractivity contribution in [2.24, 2.45) is 5.73 Å². The van der Waals surface area contributed by atoms with Crippen LogP contribution in [0.3, 0.4) is 0 Å². The van der Waals surface area contributed by atoms with Gasteiger partial charge in [0.25, 0.3) is 0 Å². The van der Waals surface area contributed by atoms with Crippen LogP contribution in [0, 0.1) is 0 Å². The summed E-state index contributed by atoms with van der Waals surface area (Å²) in [4.78, 5) is 0. The number of nitrogens with one attached hydrogen (secondary N) is 1. The quantitative estimate of drug-likeness (QED) is 0.757. The third kappa shape index (κ3) is 5.69. The van der Waals surface area contributed by atoms with Crippen molar-refractivity contribution in [3.8, 4) is 5.75 Å². The van der Waals surface area contributed by atoms with Gasteiger partial charge >= 0.3 is 0 Å². The molecule has 0 fully saturated rings. The molecule has 3 N–H and O–H groups in total. The van der Waals surface area contributed by atoms with Crippen molar-refractivity contribution in [1.82, 2.24) is 0 Å². The van der Waals surface area contributed by atoms with Crippen molar-refractivity contribution in [1.29, 1.82) is 0 Å². The van der Waals surface area contributed by atoms with E-state index in [1.807, 2.05) is 24.3 Å². The fourth-order valence-electron chi connectivity index (χ4n) is 1.55. The largest absolute Gasteiger partial charge is 0.497 e. The normalized spacial score (nSPS) is 13.9. The molecule has 0 spiro atoms. The number of benzene rings is 1. The van der Waals surface area contributed by atoms with E-state index < -0.39 is 8.32 Å². The van der Waals surface area contributed by atoms with Gasteiger partial charge in [0.15, 0.2) is 8.32 Å². The van der Waals surface area contributed by atoms with Gasteiger partial charge in [-0.1, -0.05) is 20.8 Å². The summed E-state index contributed by atoms with van der Waals surface area (Å²) in [6.45, 7) is 12.5. The first-order chi connectivity index (χ1) is 9.65. The SMILES string of the molecule is COc1ccc(NC[C@@H](N)CO[Si](C)(C)C(C)(C)C)cc1. The smallest absolute Gasteiger partial charge is 0.192 e. The molecule has 0 saturated carbocycles. The topological polar surface area (TPSA) is 56.5 Å². The molecule has 4 nitrogen and oxygen atoms in total. The predicted octanol–water partition coefficient (Wildman–Crippen LogP) is 3.46. The lowest BCUT2D eigenvalue weighted by Gasteiger charge is -2.37. The van der Waals surface area contributed by atoms with Crippen molar-refractivity contribution in [2.75, 3.05) is 25.6 Å². The van der Waals surface area contributed by atoms with Gasteiger partial charge < -0.3 is 20.2 Å². The second-order valence-corrected chi connectivity index (χ2v) is 11.8. The van der Waals surface area contributed by atoms with E-state index in [2.05, 4.69) is 39.2 Å².